The summed E-state index contributed by atoms with van der Waals surface area (Å²) in [6.07, 6.45) is 0. The molecule has 0 aliphatic rings. The molecule has 0 saturated heterocycles. The first kappa shape index (κ1) is 8.26. The van der Waals surface area contributed by atoms with Crippen LogP contribution in [0.1, 0.15) is 5.56 Å². The number of aromatic nitrogens is 2. The lowest BCUT2D eigenvalue weighted by atomic mass is 10.1. The summed E-state index contributed by atoms with van der Waals surface area (Å²) >= 11 is 5.51. The molecule has 1 aromatic carbocycles. The quantitative estimate of drug-likeness (QED) is 0.701. The van der Waals surface area contributed by atoms with E-state index in [1.165, 1.54) is 0 Å². The smallest absolute Gasteiger partial charge is 0.320 e. The summed E-state index contributed by atoms with van der Waals surface area (Å²) in [7, 11) is 0. The zero-order valence-corrected chi connectivity index (χ0v) is 7.75. The molecule has 0 saturated carbocycles. The first-order valence-electron chi connectivity index (χ1n) is 3.82. The van der Waals surface area contributed by atoms with E-state index in [9.17, 15) is 0 Å². The Bertz CT molecular complexity index is 425. The monoisotopic (exact) mass is 194 g/mol. The molecule has 4 heteroatoms. The van der Waals surface area contributed by atoms with Crippen LogP contribution in [-0.2, 0) is 0 Å². The third kappa shape index (κ3) is 1.70. The van der Waals surface area contributed by atoms with Crippen LogP contribution >= 0.6 is 11.6 Å². The van der Waals surface area contributed by atoms with E-state index >= 15 is 0 Å². The molecule has 0 spiro atoms. The van der Waals surface area contributed by atoms with Gasteiger partial charge < -0.3 is 4.52 Å². The zero-order valence-electron chi connectivity index (χ0n) is 6.99. The fourth-order valence-corrected chi connectivity index (χ4v) is 1.22. The average Bonchev–Trinajstić information content (AvgIpc) is 2.52. The molecule has 2 rings (SSSR count). The maximum Gasteiger partial charge on any atom is 0.320 e. The van der Waals surface area contributed by atoms with Gasteiger partial charge in [-0.2, -0.15) is 4.98 Å². The number of benzene rings is 1. The second-order valence-corrected chi connectivity index (χ2v) is 3.06. The molecule has 66 valence electrons. The van der Waals surface area contributed by atoms with Crippen molar-refractivity contribution < 1.29 is 4.52 Å². The van der Waals surface area contributed by atoms with Crippen molar-refractivity contribution in [2.45, 2.75) is 6.92 Å². The maximum absolute atomic E-state index is 5.51. The molecule has 1 aromatic heterocycles. The van der Waals surface area contributed by atoms with E-state index in [4.69, 9.17) is 11.6 Å². The second-order valence-electron chi connectivity index (χ2n) is 2.74. The van der Waals surface area contributed by atoms with Gasteiger partial charge in [0.1, 0.15) is 0 Å². The average molecular weight is 195 g/mol. The summed E-state index contributed by atoms with van der Waals surface area (Å²) in [5.74, 6) is 0.522. The van der Waals surface area contributed by atoms with Gasteiger partial charge in [0, 0.05) is 5.56 Å². The highest BCUT2D eigenvalue weighted by Crippen LogP contribution is 2.18. The third-order valence-electron chi connectivity index (χ3n) is 1.68. The van der Waals surface area contributed by atoms with Crippen LogP contribution in [0.5, 0.6) is 0 Å². The Labute approximate surface area is 80.3 Å². The Hall–Kier alpha value is -1.35. The first-order valence-corrected chi connectivity index (χ1v) is 4.20. The first-order chi connectivity index (χ1) is 6.25. The summed E-state index contributed by atoms with van der Waals surface area (Å²) in [6.45, 7) is 2.01. The van der Waals surface area contributed by atoms with Crippen molar-refractivity contribution in [2.75, 3.05) is 0 Å². The van der Waals surface area contributed by atoms with Gasteiger partial charge in [-0.25, -0.2) is 0 Å². The molecule has 3 nitrogen and oxygen atoms in total. The molecule has 0 amide bonds. The standard InChI is InChI=1S/C9H7ClN2O/c1-6-3-2-4-7(5-6)8-11-9(10)13-12-8/h2-5H,1H3. The Morgan fingerprint density at radius 2 is 2.23 bits per heavy atom. The minimum absolute atomic E-state index is 0.0662. The SMILES string of the molecule is Cc1cccc(-c2noc(Cl)n2)c1. The van der Waals surface area contributed by atoms with E-state index in [0.717, 1.165) is 11.1 Å². The maximum atomic E-state index is 5.51. The highest BCUT2D eigenvalue weighted by atomic mass is 35.5. The van der Waals surface area contributed by atoms with Gasteiger partial charge in [0.05, 0.1) is 0 Å². The minimum Gasteiger partial charge on any atom is -0.321 e. The van der Waals surface area contributed by atoms with Crippen LogP contribution in [0.2, 0.25) is 5.35 Å². The summed E-state index contributed by atoms with van der Waals surface area (Å²) in [5.41, 5.74) is 2.06. The summed E-state index contributed by atoms with van der Waals surface area (Å²) in [5, 5.41) is 3.78. The minimum atomic E-state index is 0.0662. The van der Waals surface area contributed by atoms with Crippen LogP contribution in [-0.4, -0.2) is 10.1 Å². The van der Waals surface area contributed by atoms with E-state index < -0.39 is 0 Å². The van der Waals surface area contributed by atoms with Gasteiger partial charge in [0.25, 0.3) is 0 Å². The Morgan fingerprint density at radius 1 is 1.38 bits per heavy atom. The fourth-order valence-electron chi connectivity index (χ4n) is 1.11. The predicted octanol–water partition coefficient (Wildman–Crippen LogP) is 2.70. The molecular weight excluding hydrogens is 188 g/mol. The van der Waals surface area contributed by atoms with Crippen LogP contribution in [0.3, 0.4) is 0 Å². The van der Waals surface area contributed by atoms with Crippen LogP contribution < -0.4 is 0 Å². The number of halogens is 1. The van der Waals surface area contributed by atoms with Crippen molar-refractivity contribution in [3.63, 3.8) is 0 Å². The second kappa shape index (κ2) is 3.18. The van der Waals surface area contributed by atoms with Crippen molar-refractivity contribution in [1.82, 2.24) is 10.1 Å². The van der Waals surface area contributed by atoms with Crippen LogP contribution in [0.4, 0.5) is 0 Å². The van der Waals surface area contributed by atoms with E-state index in [1.54, 1.807) is 0 Å². The molecular formula is C9H7ClN2O. The molecule has 0 fully saturated rings. The number of hydrogen-bond acceptors (Lipinski definition) is 3. The lowest BCUT2D eigenvalue weighted by Gasteiger charge is -1.94. The third-order valence-corrected chi connectivity index (χ3v) is 1.83. The molecule has 2 aromatic rings. The predicted molar refractivity (Wildman–Crippen MR) is 49.5 cm³/mol. The lowest BCUT2D eigenvalue weighted by molar-refractivity contribution is 0.421. The normalized spacial score (nSPS) is 10.3. The van der Waals surface area contributed by atoms with Gasteiger partial charge in [-0.3, -0.25) is 0 Å². The van der Waals surface area contributed by atoms with Crippen molar-refractivity contribution in [3.8, 4) is 11.4 Å². The Kier molecular flexibility index (Phi) is 2.02. The van der Waals surface area contributed by atoms with Crippen molar-refractivity contribution in [2.24, 2.45) is 0 Å². The van der Waals surface area contributed by atoms with Crippen molar-refractivity contribution >= 4 is 11.6 Å². The molecule has 0 bridgehead atoms. The molecule has 0 unspecified atom stereocenters. The topological polar surface area (TPSA) is 38.9 Å². The lowest BCUT2D eigenvalue weighted by Crippen LogP contribution is -1.80. The molecule has 0 aliphatic heterocycles. The number of nitrogens with zero attached hydrogens (tertiary/aromatic N) is 2. The highest BCUT2D eigenvalue weighted by molar-refractivity contribution is 6.27. The van der Waals surface area contributed by atoms with Gasteiger partial charge in [-0.15, -0.1) is 0 Å². The molecule has 13 heavy (non-hydrogen) atoms. The van der Waals surface area contributed by atoms with Crippen LogP contribution in [0.15, 0.2) is 28.8 Å². The van der Waals surface area contributed by atoms with E-state index in [0.29, 0.717) is 5.82 Å². The van der Waals surface area contributed by atoms with E-state index in [-0.39, 0.29) is 5.35 Å². The molecule has 0 aliphatic carbocycles. The molecule has 0 radical (unpaired) electrons. The summed E-state index contributed by atoms with van der Waals surface area (Å²) < 4.78 is 4.66. The number of rotatable bonds is 1. The molecule has 0 N–H and O–H groups in total. The summed E-state index contributed by atoms with van der Waals surface area (Å²) in [6, 6.07) is 7.83. The Balaban J connectivity index is 2.46. The Morgan fingerprint density at radius 3 is 2.85 bits per heavy atom. The van der Waals surface area contributed by atoms with Gasteiger partial charge in [-0.1, -0.05) is 28.9 Å². The highest BCUT2D eigenvalue weighted by Gasteiger charge is 2.05. The van der Waals surface area contributed by atoms with Crippen molar-refractivity contribution in [1.29, 1.82) is 0 Å². The summed E-state index contributed by atoms with van der Waals surface area (Å²) in [4.78, 5) is 3.91. The number of hydrogen-bond donors (Lipinski definition) is 0. The van der Waals surface area contributed by atoms with Crippen LogP contribution in [0.25, 0.3) is 11.4 Å². The van der Waals surface area contributed by atoms with Gasteiger partial charge >= 0.3 is 5.35 Å². The van der Waals surface area contributed by atoms with Gasteiger partial charge in [-0.05, 0) is 24.6 Å². The number of aryl methyl sites for hydroxylation is 1. The molecule has 0 atom stereocenters. The van der Waals surface area contributed by atoms with Crippen molar-refractivity contribution in [3.05, 3.63) is 35.2 Å². The van der Waals surface area contributed by atoms with Crippen LogP contribution in [0, 0.1) is 6.92 Å². The zero-order chi connectivity index (χ0) is 9.26. The van der Waals surface area contributed by atoms with E-state index in [1.807, 2.05) is 31.2 Å². The van der Waals surface area contributed by atoms with E-state index in [2.05, 4.69) is 14.7 Å². The molecule has 1 heterocycles. The van der Waals surface area contributed by atoms with Gasteiger partial charge in [0.2, 0.25) is 5.82 Å². The fraction of sp³-hybridized carbons (Fsp3) is 0.111. The largest absolute Gasteiger partial charge is 0.321 e. The van der Waals surface area contributed by atoms with Gasteiger partial charge in [0.15, 0.2) is 0 Å².